The second-order valence-electron chi connectivity index (χ2n) is 7.93. The second-order valence-corrected chi connectivity index (χ2v) is 9.84. The summed E-state index contributed by atoms with van der Waals surface area (Å²) >= 11 is 0. The first-order valence-electron chi connectivity index (χ1n) is 10.5. The largest absolute Gasteiger partial charge is 0.269 e. The van der Waals surface area contributed by atoms with Crippen molar-refractivity contribution in [2.24, 2.45) is 0 Å². The third-order valence-electron chi connectivity index (χ3n) is 5.86. The van der Waals surface area contributed by atoms with Crippen LogP contribution in [-0.4, -0.2) is 40.6 Å². The van der Waals surface area contributed by atoms with E-state index in [2.05, 4.69) is 30.2 Å². The molecule has 1 unspecified atom stereocenters. The number of pyridine rings is 1. The van der Waals surface area contributed by atoms with Crippen LogP contribution < -0.4 is 0 Å². The van der Waals surface area contributed by atoms with Crippen molar-refractivity contribution in [3.8, 4) is 11.3 Å². The minimum Gasteiger partial charge on any atom is -0.269 e. The molecular formula is C23H28N4O2S. The molecule has 3 aromatic rings. The summed E-state index contributed by atoms with van der Waals surface area (Å²) in [6.45, 7) is 7.48. The van der Waals surface area contributed by atoms with Crippen LogP contribution in [0.25, 0.3) is 11.3 Å². The summed E-state index contributed by atoms with van der Waals surface area (Å²) in [5, 5.41) is 4.22. The van der Waals surface area contributed by atoms with Gasteiger partial charge in [0.25, 0.3) is 0 Å². The van der Waals surface area contributed by atoms with Crippen molar-refractivity contribution in [2.75, 3.05) is 13.1 Å². The molecule has 0 N–H and O–H groups in total. The van der Waals surface area contributed by atoms with Crippen LogP contribution in [0, 0.1) is 13.8 Å². The van der Waals surface area contributed by atoms with Crippen molar-refractivity contribution in [1.29, 1.82) is 0 Å². The van der Waals surface area contributed by atoms with E-state index in [1.54, 1.807) is 8.99 Å². The van der Waals surface area contributed by atoms with Gasteiger partial charge in [-0.2, -0.15) is 9.40 Å². The van der Waals surface area contributed by atoms with E-state index in [4.69, 9.17) is 4.98 Å². The summed E-state index contributed by atoms with van der Waals surface area (Å²) in [4.78, 5) is 5.21. The highest BCUT2D eigenvalue weighted by Crippen LogP contribution is 2.31. The van der Waals surface area contributed by atoms with Gasteiger partial charge in [0.1, 0.15) is 4.90 Å². The lowest BCUT2D eigenvalue weighted by molar-refractivity contribution is 0.312. The topological polar surface area (TPSA) is 68.1 Å². The number of aromatic nitrogens is 3. The molecule has 2 aromatic heterocycles. The Morgan fingerprint density at radius 1 is 1.13 bits per heavy atom. The summed E-state index contributed by atoms with van der Waals surface area (Å²) in [6.07, 6.45) is 3.24. The third-order valence-corrected chi connectivity index (χ3v) is 7.83. The molecule has 30 heavy (non-hydrogen) atoms. The highest BCUT2D eigenvalue weighted by Gasteiger charge is 2.33. The van der Waals surface area contributed by atoms with Gasteiger partial charge in [-0.25, -0.2) is 8.42 Å². The molecule has 7 heteroatoms. The van der Waals surface area contributed by atoms with Crippen molar-refractivity contribution >= 4 is 10.0 Å². The molecule has 0 spiro atoms. The predicted octanol–water partition coefficient (Wildman–Crippen LogP) is 4.15. The highest BCUT2D eigenvalue weighted by molar-refractivity contribution is 7.89. The van der Waals surface area contributed by atoms with Gasteiger partial charge in [0.05, 0.1) is 17.6 Å². The number of hydrogen-bond donors (Lipinski definition) is 0. The molecule has 0 amide bonds. The first-order chi connectivity index (χ1) is 14.4. The first-order valence-corrected chi connectivity index (χ1v) is 11.9. The molecule has 4 rings (SSSR count). The molecule has 1 saturated heterocycles. The van der Waals surface area contributed by atoms with Gasteiger partial charge >= 0.3 is 0 Å². The van der Waals surface area contributed by atoms with Crippen LogP contribution in [0.5, 0.6) is 0 Å². The molecular weight excluding hydrogens is 396 g/mol. The zero-order valence-electron chi connectivity index (χ0n) is 17.7. The standard InChI is InChI=1S/C23H28N4O2S/c1-4-27-18(3)23(15-24-27)30(28,29)26-13-7-10-20(16-26)22-12-6-11-21(25-22)19-9-5-8-17(2)14-19/h5-6,8-9,11-12,14-15,20H,4,7,10,13,16H2,1-3H3. The van der Waals surface area contributed by atoms with E-state index in [9.17, 15) is 8.42 Å². The molecule has 0 bridgehead atoms. The van der Waals surface area contributed by atoms with E-state index in [1.807, 2.05) is 38.1 Å². The number of benzene rings is 1. The lowest BCUT2D eigenvalue weighted by Crippen LogP contribution is -2.39. The van der Waals surface area contributed by atoms with Crippen molar-refractivity contribution in [3.05, 3.63) is 65.6 Å². The van der Waals surface area contributed by atoms with Crippen LogP contribution in [0.1, 0.15) is 42.6 Å². The Bertz CT molecular complexity index is 1150. The van der Waals surface area contributed by atoms with E-state index in [-0.39, 0.29) is 5.92 Å². The summed E-state index contributed by atoms with van der Waals surface area (Å²) in [7, 11) is -3.57. The fraction of sp³-hybridized carbons (Fsp3) is 0.391. The molecule has 1 fully saturated rings. The first kappa shape index (κ1) is 20.8. The lowest BCUT2D eigenvalue weighted by atomic mass is 9.95. The Hall–Kier alpha value is -2.51. The molecule has 0 aliphatic carbocycles. The minimum atomic E-state index is -3.57. The predicted molar refractivity (Wildman–Crippen MR) is 118 cm³/mol. The molecule has 1 aliphatic heterocycles. The Morgan fingerprint density at radius 2 is 1.93 bits per heavy atom. The van der Waals surface area contributed by atoms with Crippen LogP contribution in [0.3, 0.4) is 0 Å². The van der Waals surface area contributed by atoms with Gasteiger partial charge < -0.3 is 0 Å². The number of aryl methyl sites for hydroxylation is 2. The van der Waals surface area contributed by atoms with Gasteiger partial charge in [-0.15, -0.1) is 0 Å². The summed E-state index contributed by atoms with van der Waals surface area (Å²) in [6, 6.07) is 14.3. The summed E-state index contributed by atoms with van der Waals surface area (Å²) < 4.78 is 29.9. The van der Waals surface area contributed by atoms with E-state index in [1.165, 1.54) is 11.8 Å². The lowest BCUT2D eigenvalue weighted by Gasteiger charge is -2.31. The maximum atomic E-state index is 13.3. The monoisotopic (exact) mass is 424 g/mol. The highest BCUT2D eigenvalue weighted by atomic mass is 32.2. The van der Waals surface area contributed by atoms with Crippen molar-refractivity contribution < 1.29 is 8.42 Å². The van der Waals surface area contributed by atoms with E-state index < -0.39 is 10.0 Å². The van der Waals surface area contributed by atoms with Gasteiger partial charge in [0.2, 0.25) is 10.0 Å². The molecule has 0 radical (unpaired) electrons. The molecule has 3 heterocycles. The van der Waals surface area contributed by atoms with E-state index in [0.717, 1.165) is 29.8 Å². The van der Waals surface area contributed by atoms with Crippen LogP contribution in [0.15, 0.2) is 53.6 Å². The Kier molecular flexibility index (Phi) is 5.75. The van der Waals surface area contributed by atoms with Crippen LogP contribution in [0.4, 0.5) is 0 Å². The second kappa shape index (κ2) is 8.32. The van der Waals surface area contributed by atoms with Crippen molar-refractivity contribution in [1.82, 2.24) is 19.1 Å². The molecule has 6 nitrogen and oxygen atoms in total. The smallest absolute Gasteiger partial charge is 0.246 e. The zero-order valence-corrected chi connectivity index (χ0v) is 18.6. The van der Waals surface area contributed by atoms with Crippen LogP contribution in [0.2, 0.25) is 0 Å². The summed E-state index contributed by atoms with van der Waals surface area (Å²) in [5.74, 6) is 0.0832. The number of rotatable bonds is 5. The fourth-order valence-electron chi connectivity index (χ4n) is 4.19. The average Bonchev–Trinajstić information content (AvgIpc) is 3.15. The zero-order chi connectivity index (χ0) is 21.3. The maximum Gasteiger partial charge on any atom is 0.246 e. The van der Waals surface area contributed by atoms with Gasteiger partial charge in [-0.3, -0.25) is 9.67 Å². The van der Waals surface area contributed by atoms with Crippen molar-refractivity contribution in [3.63, 3.8) is 0 Å². The number of nitrogens with zero attached hydrogens (tertiary/aromatic N) is 4. The van der Waals surface area contributed by atoms with E-state index in [0.29, 0.717) is 30.2 Å². The normalized spacial score (nSPS) is 17.9. The van der Waals surface area contributed by atoms with Crippen LogP contribution >= 0.6 is 0 Å². The van der Waals surface area contributed by atoms with Crippen LogP contribution in [-0.2, 0) is 16.6 Å². The molecule has 1 aliphatic rings. The Labute approximate surface area is 178 Å². The minimum absolute atomic E-state index is 0.0832. The van der Waals surface area contributed by atoms with Crippen molar-refractivity contribution in [2.45, 2.75) is 51.0 Å². The fourth-order valence-corrected chi connectivity index (χ4v) is 5.87. The molecule has 1 aromatic carbocycles. The number of sulfonamides is 1. The molecule has 1 atom stereocenters. The quantitative estimate of drug-likeness (QED) is 0.617. The Balaban J connectivity index is 1.60. The Morgan fingerprint density at radius 3 is 2.67 bits per heavy atom. The van der Waals surface area contributed by atoms with E-state index >= 15 is 0 Å². The van der Waals surface area contributed by atoms with Gasteiger partial charge in [0, 0.05) is 36.8 Å². The summed E-state index contributed by atoms with van der Waals surface area (Å²) in [5.41, 5.74) is 4.85. The number of piperidine rings is 1. The molecule has 158 valence electrons. The SMILES string of the molecule is CCn1ncc(S(=O)(=O)N2CCCC(c3cccc(-c4cccc(C)c4)n3)C2)c1C. The maximum absolute atomic E-state index is 13.3. The van der Waals surface area contributed by atoms with Gasteiger partial charge in [0.15, 0.2) is 0 Å². The molecule has 0 saturated carbocycles. The average molecular weight is 425 g/mol. The third kappa shape index (κ3) is 3.91. The number of hydrogen-bond acceptors (Lipinski definition) is 4. The van der Waals surface area contributed by atoms with Gasteiger partial charge in [-0.05, 0) is 51.8 Å². The van der Waals surface area contributed by atoms with Gasteiger partial charge in [-0.1, -0.05) is 29.8 Å².